The number of benzene rings is 2. The van der Waals surface area contributed by atoms with Gasteiger partial charge in [0.1, 0.15) is 10.8 Å². The molecule has 1 aromatic heterocycles. The summed E-state index contributed by atoms with van der Waals surface area (Å²) in [6.45, 7) is 0. The number of ketones is 1. The maximum atomic E-state index is 12.5. The highest BCUT2D eigenvalue weighted by atomic mass is 35.5. The summed E-state index contributed by atoms with van der Waals surface area (Å²) >= 11 is 11.8. The van der Waals surface area contributed by atoms with Crippen LogP contribution in [0.1, 0.15) is 26.4 Å². The zero-order valence-electron chi connectivity index (χ0n) is 12.9. The van der Waals surface area contributed by atoms with Crippen molar-refractivity contribution in [2.45, 2.75) is 0 Å². The van der Waals surface area contributed by atoms with E-state index in [9.17, 15) is 9.59 Å². The fourth-order valence-electron chi connectivity index (χ4n) is 2.26. The topological polar surface area (TPSA) is 59.1 Å². The molecule has 0 saturated carbocycles. The van der Waals surface area contributed by atoms with Crippen molar-refractivity contribution in [3.63, 3.8) is 0 Å². The molecule has 124 valence electrons. The van der Waals surface area contributed by atoms with Crippen LogP contribution in [0, 0.1) is 0 Å². The first-order chi connectivity index (χ1) is 12.0. The Hall–Kier alpha value is -2.69. The second-order valence-electron chi connectivity index (χ2n) is 5.19. The summed E-state index contributed by atoms with van der Waals surface area (Å²) in [6, 6.07) is 18.6. The van der Waals surface area contributed by atoms with Crippen LogP contribution in [0.4, 0.5) is 5.69 Å². The minimum Gasteiger partial charge on any atom is -0.321 e. The first-order valence-electron chi connectivity index (χ1n) is 7.38. The van der Waals surface area contributed by atoms with Crippen LogP contribution in [-0.4, -0.2) is 16.7 Å². The molecule has 0 atom stereocenters. The standard InChI is InChI=1S/C19H12Cl2N2O2/c20-15-9-10-16(21)23-17(15)19(25)22-14-8-4-7-13(11-14)18(24)12-5-2-1-3-6-12/h1-11H,(H,22,25). The molecule has 0 saturated heterocycles. The van der Waals surface area contributed by atoms with E-state index in [0.717, 1.165) is 0 Å². The van der Waals surface area contributed by atoms with Gasteiger partial charge in [0.25, 0.3) is 5.91 Å². The number of carbonyl (C=O) groups is 2. The van der Waals surface area contributed by atoms with Crippen molar-refractivity contribution >= 4 is 40.6 Å². The zero-order valence-corrected chi connectivity index (χ0v) is 14.4. The molecule has 1 N–H and O–H groups in total. The first-order valence-corrected chi connectivity index (χ1v) is 8.13. The van der Waals surface area contributed by atoms with Gasteiger partial charge in [0.05, 0.1) is 5.02 Å². The molecule has 1 amide bonds. The second kappa shape index (κ2) is 7.47. The predicted octanol–water partition coefficient (Wildman–Crippen LogP) is 4.87. The third-order valence-corrected chi connectivity index (χ3v) is 3.96. The van der Waals surface area contributed by atoms with E-state index in [1.54, 1.807) is 48.5 Å². The zero-order chi connectivity index (χ0) is 17.8. The molecule has 0 radical (unpaired) electrons. The van der Waals surface area contributed by atoms with E-state index in [0.29, 0.717) is 16.8 Å². The Balaban J connectivity index is 1.83. The Morgan fingerprint density at radius 1 is 0.840 bits per heavy atom. The van der Waals surface area contributed by atoms with E-state index in [-0.39, 0.29) is 21.7 Å². The summed E-state index contributed by atoms with van der Waals surface area (Å²) in [5.74, 6) is -0.632. The molecular weight excluding hydrogens is 359 g/mol. The highest BCUT2D eigenvalue weighted by Crippen LogP contribution is 2.20. The monoisotopic (exact) mass is 370 g/mol. The molecule has 3 aromatic rings. The van der Waals surface area contributed by atoms with Crippen LogP contribution in [0.5, 0.6) is 0 Å². The number of hydrogen-bond acceptors (Lipinski definition) is 3. The summed E-state index contributed by atoms with van der Waals surface area (Å²) in [7, 11) is 0. The normalized spacial score (nSPS) is 10.3. The molecular formula is C19H12Cl2N2O2. The van der Waals surface area contributed by atoms with E-state index < -0.39 is 5.91 Å². The van der Waals surface area contributed by atoms with Gasteiger partial charge in [-0.2, -0.15) is 0 Å². The average molecular weight is 371 g/mol. The summed E-state index contributed by atoms with van der Waals surface area (Å²) in [6.07, 6.45) is 0. The van der Waals surface area contributed by atoms with E-state index >= 15 is 0 Å². The van der Waals surface area contributed by atoms with Gasteiger partial charge in [0, 0.05) is 16.8 Å². The number of halogens is 2. The number of aromatic nitrogens is 1. The average Bonchev–Trinajstić information content (AvgIpc) is 2.64. The fraction of sp³-hybridized carbons (Fsp3) is 0. The molecule has 0 unspecified atom stereocenters. The van der Waals surface area contributed by atoms with Crippen LogP contribution >= 0.6 is 23.2 Å². The lowest BCUT2D eigenvalue weighted by molar-refractivity contribution is 0.101. The number of carbonyl (C=O) groups excluding carboxylic acids is 2. The van der Waals surface area contributed by atoms with Crippen LogP contribution in [0.3, 0.4) is 0 Å². The Labute approximate surface area is 154 Å². The maximum Gasteiger partial charge on any atom is 0.275 e. The molecule has 2 aromatic carbocycles. The Morgan fingerprint density at radius 2 is 1.56 bits per heavy atom. The molecule has 4 nitrogen and oxygen atoms in total. The Bertz CT molecular complexity index is 943. The van der Waals surface area contributed by atoms with Crippen LogP contribution in [0.2, 0.25) is 10.2 Å². The van der Waals surface area contributed by atoms with E-state index in [1.165, 1.54) is 12.1 Å². The highest BCUT2D eigenvalue weighted by molar-refractivity contribution is 6.35. The van der Waals surface area contributed by atoms with Crippen molar-refractivity contribution in [2.75, 3.05) is 5.32 Å². The lowest BCUT2D eigenvalue weighted by atomic mass is 10.0. The van der Waals surface area contributed by atoms with Gasteiger partial charge in [-0.15, -0.1) is 0 Å². The van der Waals surface area contributed by atoms with Gasteiger partial charge in [-0.05, 0) is 24.3 Å². The molecule has 25 heavy (non-hydrogen) atoms. The van der Waals surface area contributed by atoms with E-state index in [2.05, 4.69) is 10.3 Å². The number of nitrogens with one attached hydrogen (secondary N) is 1. The predicted molar refractivity (Wildman–Crippen MR) is 98.5 cm³/mol. The Kier molecular flexibility index (Phi) is 5.12. The van der Waals surface area contributed by atoms with Gasteiger partial charge >= 0.3 is 0 Å². The van der Waals surface area contributed by atoms with Crippen LogP contribution in [-0.2, 0) is 0 Å². The molecule has 3 rings (SSSR count). The molecule has 0 aliphatic heterocycles. The van der Waals surface area contributed by atoms with Gasteiger partial charge in [0.15, 0.2) is 5.78 Å². The first kappa shape index (κ1) is 17.1. The van der Waals surface area contributed by atoms with E-state index in [1.807, 2.05) is 6.07 Å². The number of nitrogens with zero attached hydrogens (tertiary/aromatic N) is 1. The van der Waals surface area contributed by atoms with Crippen molar-refractivity contribution in [1.29, 1.82) is 0 Å². The van der Waals surface area contributed by atoms with Crippen molar-refractivity contribution in [3.05, 3.63) is 93.7 Å². The van der Waals surface area contributed by atoms with E-state index in [4.69, 9.17) is 23.2 Å². The molecule has 0 aliphatic rings. The smallest absolute Gasteiger partial charge is 0.275 e. The molecule has 0 fully saturated rings. The van der Waals surface area contributed by atoms with Crippen LogP contribution in [0.25, 0.3) is 0 Å². The van der Waals surface area contributed by atoms with Gasteiger partial charge in [-0.1, -0.05) is 65.7 Å². The lowest BCUT2D eigenvalue weighted by Crippen LogP contribution is -2.15. The van der Waals surface area contributed by atoms with Gasteiger partial charge in [-0.25, -0.2) is 4.98 Å². The summed E-state index contributed by atoms with van der Waals surface area (Å²) in [5.41, 5.74) is 1.53. The third-order valence-electron chi connectivity index (χ3n) is 3.45. The van der Waals surface area contributed by atoms with Crippen molar-refractivity contribution in [2.24, 2.45) is 0 Å². The fourth-order valence-corrected chi connectivity index (χ4v) is 2.60. The van der Waals surface area contributed by atoms with Crippen molar-refractivity contribution < 1.29 is 9.59 Å². The minimum absolute atomic E-state index is 0.0222. The second-order valence-corrected chi connectivity index (χ2v) is 5.99. The summed E-state index contributed by atoms with van der Waals surface area (Å²) in [5, 5.41) is 3.04. The maximum absolute atomic E-state index is 12.5. The summed E-state index contributed by atoms with van der Waals surface area (Å²) < 4.78 is 0. The summed E-state index contributed by atoms with van der Waals surface area (Å²) in [4.78, 5) is 28.8. The number of anilines is 1. The SMILES string of the molecule is O=C(c1ccccc1)c1cccc(NC(=O)c2nc(Cl)ccc2Cl)c1. The van der Waals surface area contributed by atoms with Gasteiger partial charge in [-0.3, -0.25) is 9.59 Å². The number of rotatable bonds is 4. The molecule has 0 bridgehead atoms. The number of pyridine rings is 1. The molecule has 0 aliphatic carbocycles. The minimum atomic E-state index is -0.503. The quantitative estimate of drug-likeness (QED) is 0.526. The Morgan fingerprint density at radius 3 is 2.32 bits per heavy atom. The van der Waals surface area contributed by atoms with Crippen LogP contribution in [0.15, 0.2) is 66.7 Å². The molecule has 1 heterocycles. The lowest BCUT2D eigenvalue weighted by Gasteiger charge is -2.08. The number of amides is 1. The van der Waals surface area contributed by atoms with Gasteiger partial charge < -0.3 is 5.32 Å². The number of hydrogen-bond donors (Lipinski definition) is 1. The van der Waals surface area contributed by atoms with Gasteiger partial charge in [0.2, 0.25) is 0 Å². The van der Waals surface area contributed by atoms with Crippen molar-refractivity contribution in [1.82, 2.24) is 4.98 Å². The molecule has 0 spiro atoms. The van der Waals surface area contributed by atoms with Crippen molar-refractivity contribution in [3.8, 4) is 0 Å². The molecule has 6 heteroatoms. The third kappa shape index (κ3) is 4.05. The van der Waals surface area contributed by atoms with Crippen LogP contribution < -0.4 is 5.32 Å². The largest absolute Gasteiger partial charge is 0.321 e. The highest BCUT2D eigenvalue weighted by Gasteiger charge is 2.14.